The molecule has 0 radical (unpaired) electrons. The Morgan fingerprint density at radius 3 is 1.79 bits per heavy atom. The summed E-state index contributed by atoms with van der Waals surface area (Å²) >= 11 is 0. The highest BCUT2D eigenvalue weighted by molar-refractivity contribution is 5.27. The Morgan fingerprint density at radius 2 is 1.42 bits per heavy atom. The van der Waals surface area contributed by atoms with Crippen molar-refractivity contribution in [1.29, 1.82) is 0 Å². The first-order valence-corrected chi connectivity index (χ1v) is 6.67. The van der Waals surface area contributed by atoms with Crippen LogP contribution in [0.4, 0.5) is 0 Å². The molecule has 106 valence electrons. The van der Waals surface area contributed by atoms with Crippen LogP contribution in [0.15, 0.2) is 0 Å². The van der Waals surface area contributed by atoms with Gasteiger partial charge in [0.05, 0.1) is 13.2 Å². The first-order chi connectivity index (χ1) is 9.16. The molecule has 0 aromatic carbocycles. The molecule has 19 heavy (non-hydrogen) atoms. The summed E-state index contributed by atoms with van der Waals surface area (Å²) in [6.45, 7) is 0.498. The van der Waals surface area contributed by atoms with E-state index >= 15 is 0 Å². The predicted octanol–water partition coefficient (Wildman–Crippen LogP) is -0.880. The van der Waals surface area contributed by atoms with Crippen LogP contribution in [0.1, 0.15) is 12.8 Å². The van der Waals surface area contributed by atoms with Gasteiger partial charge in [-0.1, -0.05) is 0 Å². The molecule has 1 N–H and O–H groups in total. The fourth-order valence-corrected chi connectivity index (χ4v) is 4.33. The summed E-state index contributed by atoms with van der Waals surface area (Å²) in [6, 6.07) is 0. The van der Waals surface area contributed by atoms with E-state index in [0.29, 0.717) is 13.2 Å². The highest BCUT2D eigenvalue weighted by Crippen LogP contribution is 2.62. The van der Waals surface area contributed by atoms with Crippen LogP contribution in [0.5, 0.6) is 0 Å². The third kappa shape index (κ3) is 0.984. The Bertz CT molecular complexity index is 362. The number of hydrogen-bond donors (Lipinski definition) is 1. The molecule has 5 aliphatic heterocycles. The number of ether oxygens (including phenoxy) is 6. The molecule has 6 fully saturated rings. The largest absolute Gasteiger partial charge is 0.369 e. The first-order valence-electron chi connectivity index (χ1n) is 6.67. The van der Waals surface area contributed by atoms with Gasteiger partial charge in [-0.2, -0.15) is 0 Å². The summed E-state index contributed by atoms with van der Waals surface area (Å²) in [5.41, 5.74) is -1.36. The van der Waals surface area contributed by atoms with Gasteiger partial charge in [-0.25, -0.2) is 0 Å². The third-order valence-electron chi connectivity index (χ3n) is 5.32. The highest BCUT2D eigenvalue weighted by Gasteiger charge is 2.83. The Morgan fingerprint density at radius 1 is 0.947 bits per heavy atom. The zero-order chi connectivity index (χ0) is 12.9. The van der Waals surface area contributed by atoms with Gasteiger partial charge < -0.3 is 33.5 Å². The van der Waals surface area contributed by atoms with E-state index in [2.05, 4.69) is 0 Å². The second-order valence-corrected chi connectivity index (χ2v) is 5.90. The quantitative estimate of drug-likeness (QED) is 0.621. The van der Waals surface area contributed by atoms with Crippen molar-refractivity contribution in [2.45, 2.75) is 54.6 Å². The van der Waals surface area contributed by atoms with Crippen molar-refractivity contribution in [2.24, 2.45) is 0 Å². The summed E-state index contributed by atoms with van der Waals surface area (Å²) < 4.78 is 34.1. The average molecular weight is 272 g/mol. The molecule has 4 bridgehead atoms. The highest BCUT2D eigenvalue weighted by atomic mass is 16.9. The Kier molecular flexibility index (Phi) is 1.88. The SMILES string of the molecule is COC1(O)[C@H]2OC3OC([C@@]4(CCO4)[C@H]1O3)[C@]21CCO1. The van der Waals surface area contributed by atoms with Gasteiger partial charge in [0.2, 0.25) is 5.79 Å². The van der Waals surface area contributed by atoms with E-state index in [9.17, 15) is 5.11 Å². The van der Waals surface area contributed by atoms with Crippen molar-refractivity contribution in [1.82, 2.24) is 0 Å². The predicted molar refractivity (Wildman–Crippen MR) is 57.0 cm³/mol. The minimum Gasteiger partial charge on any atom is -0.369 e. The summed E-state index contributed by atoms with van der Waals surface area (Å²) in [7, 11) is 1.45. The fraction of sp³-hybridized carbons (Fsp3) is 1.00. The molecule has 6 aliphatic rings. The first kappa shape index (κ1) is 11.4. The van der Waals surface area contributed by atoms with E-state index in [0.717, 1.165) is 12.8 Å². The van der Waals surface area contributed by atoms with Crippen molar-refractivity contribution < 1.29 is 33.5 Å². The molecular formula is C12H16O7. The molecule has 7 nitrogen and oxygen atoms in total. The molecular weight excluding hydrogens is 256 g/mol. The number of hydrogen-bond acceptors (Lipinski definition) is 7. The van der Waals surface area contributed by atoms with Crippen molar-refractivity contribution in [2.75, 3.05) is 20.3 Å². The number of rotatable bonds is 1. The standard InChI is InChI=1S/C12H16O7/c1-14-12(13)7-10(2-4-15-10)6-11(3-5-16-11)8(12)19-9(17-6)18-7/h6-9,13H,2-5H2,1H3/t6?,7-,8+,9?,10+,11-,12?. The monoisotopic (exact) mass is 272 g/mol. The molecule has 7 heteroatoms. The van der Waals surface area contributed by atoms with Gasteiger partial charge >= 0.3 is 0 Å². The maximum absolute atomic E-state index is 10.9. The van der Waals surface area contributed by atoms with Gasteiger partial charge in [0, 0.05) is 20.0 Å². The minimum absolute atomic E-state index is 0.263. The third-order valence-corrected chi connectivity index (χ3v) is 5.32. The molecule has 2 spiro atoms. The smallest absolute Gasteiger partial charge is 0.273 e. The lowest BCUT2D eigenvalue weighted by Crippen LogP contribution is -2.92. The van der Waals surface area contributed by atoms with Crippen LogP contribution >= 0.6 is 0 Å². The molecule has 7 atom stereocenters. The molecule has 5 heterocycles. The van der Waals surface area contributed by atoms with Gasteiger partial charge in [0.1, 0.15) is 17.3 Å². The van der Waals surface area contributed by atoms with Crippen LogP contribution in [0.2, 0.25) is 0 Å². The lowest BCUT2D eigenvalue weighted by Gasteiger charge is -2.73. The molecule has 1 saturated carbocycles. The number of methoxy groups -OCH3 is 1. The maximum atomic E-state index is 10.9. The van der Waals surface area contributed by atoms with E-state index in [4.69, 9.17) is 28.4 Å². The zero-order valence-electron chi connectivity index (χ0n) is 10.5. The minimum atomic E-state index is -1.56. The zero-order valence-corrected chi connectivity index (χ0v) is 10.5. The van der Waals surface area contributed by atoms with Gasteiger partial charge in [-0.05, 0) is 0 Å². The summed E-state index contributed by atoms with van der Waals surface area (Å²) in [5.74, 6) is -1.56. The lowest BCUT2D eigenvalue weighted by atomic mass is 9.59. The summed E-state index contributed by atoms with van der Waals surface area (Å²) in [5, 5.41) is 10.9. The van der Waals surface area contributed by atoms with E-state index in [1.54, 1.807) is 0 Å². The van der Waals surface area contributed by atoms with Gasteiger partial charge in [-0.3, -0.25) is 0 Å². The molecule has 5 saturated heterocycles. The van der Waals surface area contributed by atoms with Crippen molar-refractivity contribution >= 4 is 0 Å². The van der Waals surface area contributed by atoms with Crippen LogP contribution in [0, 0.1) is 0 Å². The molecule has 6 rings (SSSR count). The molecule has 1 aliphatic carbocycles. The average Bonchev–Trinajstić information content (AvgIpc) is 2.31. The molecule has 0 aromatic heterocycles. The van der Waals surface area contributed by atoms with Gasteiger partial charge in [-0.15, -0.1) is 0 Å². The van der Waals surface area contributed by atoms with E-state index < -0.39 is 35.7 Å². The Hall–Kier alpha value is -0.280. The summed E-state index contributed by atoms with van der Waals surface area (Å²) in [4.78, 5) is 0. The topological polar surface area (TPSA) is 75.6 Å². The number of aliphatic hydroxyl groups is 1. The van der Waals surface area contributed by atoms with Crippen LogP contribution in [0.3, 0.4) is 0 Å². The van der Waals surface area contributed by atoms with Crippen LogP contribution in [0.25, 0.3) is 0 Å². The Balaban J connectivity index is 1.69. The van der Waals surface area contributed by atoms with Gasteiger partial charge in [0.15, 0.2) is 12.2 Å². The van der Waals surface area contributed by atoms with E-state index in [1.165, 1.54) is 7.11 Å². The van der Waals surface area contributed by atoms with Crippen molar-refractivity contribution in [3.8, 4) is 0 Å². The molecule has 0 aromatic rings. The lowest BCUT2D eigenvalue weighted by molar-refractivity contribution is -0.585. The fourth-order valence-electron chi connectivity index (χ4n) is 4.33. The second-order valence-electron chi connectivity index (χ2n) is 5.90. The van der Waals surface area contributed by atoms with Crippen LogP contribution in [-0.4, -0.2) is 67.2 Å². The van der Waals surface area contributed by atoms with Crippen LogP contribution < -0.4 is 0 Å². The van der Waals surface area contributed by atoms with E-state index in [-0.39, 0.29) is 6.10 Å². The molecule has 0 amide bonds. The second kappa shape index (κ2) is 3.14. The van der Waals surface area contributed by atoms with Crippen molar-refractivity contribution in [3.05, 3.63) is 0 Å². The van der Waals surface area contributed by atoms with Crippen LogP contribution in [-0.2, 0) is 28.4 Å². The summed E-state index contributed by atoms with van der Waals surface area (Å²) in [6.07, 6.45) is 0.0597. The van der Waals surface area contributed by atoms with E-state index in [1.807, 2.05) is 0 Å². The Labute approximate surface area is 109 Å². The van der Waals surface area contributed by atoms with Gasteiger partial charge in [0.25, 0.3) is 6.48 Å². The maximum Gasteiger partial charge on any atom is 0.273 e. The normalized spacial score (nSPS) is 65.4. The van der Waals surface area contributed by atoms with Crippen molar-refractivity contribution in [3.63, 3.8) is 0 Å². The molecule has 3 unspecified atom stereocenters.